The molecule has 1 atom stereocenters. The van der Waals surface area contributed by atoms with E-state index in [1.54, 1.807) is 10.5 Å². The first kappa shape index (κ1) is 10.4. The van der Waals surface area contributed by atoms with Gasteiger partial charge < -0.3 is 4.74 Å². The largest absolute Gasteiger partial charge is 0.464 e. The molecule has 7 heteroatoms. The minimum absolute atomic E-state index is 0.364. The minimum atomic E-state index is -0.364. The molecule has 0 fully saturated rings. The number of halogens is 2. The molecule has 0 radical (unpaired) electrons. The van der Waals surface area contributed by atoms with Crippen molar-refractivity contribution in [2.75, 3.05) is 7.11 Å². The van der Waals surface area contributed by atoms with Gasteiger partial charge in [0.25, 0.3) is 0 Å². The molecule has 0 bridgehead atoms. The molecular formula is C5H5BrIN2O2P. The quantitative estimate of drug-likeness (QED) is 0.460. The maximum atomic E-state index is 11.1. The van der Waals surface area contributed by atoms with E-state index >= 15 is 0 Å². The van der Waals surface area contributed by atoms with E-state index in [0.29, 0.717) is 16.7 Å². The SMILES string of the molecule is COC(=O)c1cc(Br)nn1PI. The molecule has 0 N–H and O–H groups in total. The second kappa shape index (κ2) is 4.53. The number of ether oxygens (including phenoxy) is 1. The number of rotatable bonds is 2. The number of carbonyl (C=O) groups is 1. The Bertz CT molecular complexity index is 304. The van der Waals surface area contributed by atoms with E-state index in [1.165, 1.54) is 7.11 Å². The zero-order chi connectivity index (χ0) is 9.14. The summed E-state index contributed by atoms with van der Waals surface area (Å²) in [5.41, 5.74) is 0.470. The summed E-state index contributed by atoms with van der Waals surface area (Å²) in [6.07, 6.45) is 0.390. The molecule has 0 saturated heterocycles. The van der Waals surface area contributed by atoms with Crippen LogP contribution in [0.5, 0.6) is 0 Å². The van der Waals surface area contributed by atoms with Gasteiger partial charge in [0.2, 0.25) is 0 Å². The van der Waals surface area contributed by atoms with Crippen molar-refractivity contribution in [3.8, 4) is 0 Å². The van der Waals surface area contributed by atoms with Gasteiger partial charge in [-0.15, -0.1) is 0 Å². The van der Waals surface area contributed by atoms with E-state index in [9.17, 15) is 4.79 Å². The Morgan fingerprint density at radius 1 is 1.92 bits per heavy atom. The second-order valence-corrected chi connectivity index (χ2v) is 4.69. The number of esters is 1. The van der Waals surface area contributed by atoms with Gasteiger partial charge in [0, 0.05) is 6.07 Å². The number of methoxy groups -OCH3 is 1. The molecule has 12 heavy (non-hydrogen) atoms. The van der Waals surface area contributed by atoms with Crippen LogP contribution in [0.2, 0.25) is 0 Å². The zero-order valence-corrected chi connectivity index (χ0v) is 10.8. The van der Waals surface area contributed by atoms with Crippen LogP contribution in [-0.4, -0.2) is 22.6 Å². The number of nitrogens with zero attached hydrogens (tertiary/aromatic N) is 2. The molecule has 0 aliphatic carbocycles. The van der Waals surface area contributed by atoms with Crippen LogP contribution in [0.3, 0.4) is 0 Å². The van der Waals surface area contributed by atoms with Gasteiger partial charge in [-0.1, -0.05) is 0 Å². The topological polar surface area (TPSA) is 44.1 Å². The van der Waals surface area contributed by atoms with Crippen LogP contribution in [0.25, 0.3) is 0 Å². The van der Waals surface area contributed by atoms with E-state index in [2.05, 4.69) is 47.8 Å². The lowest BCUT2D eigenvalue weighted by molar-refractivity contribution is 0.0592. The molecule has 1 heterocycles. The molecule has 66 valence electrons. The fourth-order valence-electron chi connectivity index (χ4n) is 0.667. The third kappa shape index (κ3) is 2.17. The highest BCUT2D eigenvalue weighted by Crippen LogP contribution is 2.27. The van der Waals surface area contributed by atoms with Crippen molar-refractivity contribution in [1.29, 1.82) is 0 Å². The summed E-state index contributed by atoms with van der Waals surface area (Å²) < 4.78 is 6.81. The Kier molecular flexibility index (Phi) is 3.92. The van der Waals surface area contributed by atoms with Gasteiger partial charge >= 0.3 is 5.97 Å². The highest BCUT2D eigenvalue weighted by atomic mass is 127. The molecule has 0 aromatic carbocycles. The van der Waals surface area contributed by atoms with Crippen molar-refractivity contribution in [3.63, 3.8) is 0 Å². The van der Waals surface area contributed by atoms with E-state index in [-0.39, 0.29) is 5.97 Å². The van der Waals surface area contributed by atoms with Crippen molar-refractivity contribution in [2.45, 2.75) is 0 Å². The molecule has 0 aliphatic rings. The summed E-state index contributed by atoms with van der Waals surface area (Å²) >= 11 is 5.32. The van der Waals surface area contributed by atoms with Crippen LogP contribution < -0.4 is 0 Å². The summed E-state index contributed by atoms with van der Waals surface area (Å²) in [6.45, 7) is 0. The summed E-state index contributed by atoms with van der Waals surface area (Å²) in [4.78, 5) is 11.1. The third-order valence-corrected chi connectivity index (χ3v) is 3.41. The molecule has 1 unspecified atom stereocenters. The van der Waals surface area contributed by atoms with E-state index in [1.807, 2.05) is 0 Å². The number of hydrogen-bond donors (Lipinski definition) is 0. The standard InChI is InChI=1S/C5H5BrIN2O2P/c1-11-5(10)3-2-4(6)8-9(3)12-7/h2,12H,1H3. The second-order valence-electron chi connectivity index (χ2n) is 1.84. The Balaban J connectivity index is 3.04. The third-order valence-electron chi connectivity index (χ3n) is 1.15. The van der Waals surface area contributed by atoms with Crippen LogP contribution in [0.1, 0.15) is 10.5 Å². The van der Waals surface area contributed by atoms with Crippen molar-refractivity contribution < 1.29 is 9.53 Å². The maximum absolute atomic E-state index is 11.1. The van der Waals surface area contributed by atoms with Crippen LogP contribution in [-0.2, 0) is 4.74 Å². The Hall–Kier alpha value is 0.320. The molecule has 0 saturated carbocycles. The van der Waals surface area contributed by atoms with Crippen LogP contribution in [0.15, 0.2) is 10.7 Å². The van der Waals surface area contributed by atoms with Gasteiger partial charge in [-0.25, -0.2) is 9.25 Å². The molecule has 0 amide bonds. The summed E-state index contributed by atoms with van der Waals surface area (Å²) in [5, 5.41) is 4.04. The smallest absolute Gasteiger partial charge is 0.356 e. The van der Waals surface area contributed by atoms with Gasteiger partial charge in [-0.05, 0) is 38.0 Å². The van der Waals surface area contributed by atoms with Gasteiger partial charge in [-0.3, -0.25) is 0 Å². The molecule has 4 nitrogen and oxygen atoms in total. The average molecular weight is 363 g/mol. The van der Waals surface area contributed by atoms with Crippen molar-refractivity contribution >= 4 is 50.3 Å². The summed E-state index contributed by atoms with van der Waals surface area (Å²) in [6, 6.07) is 1.64. The average Bonchev–Trinajstić information content (AvgIpc) is 2.45. The van der Waals surface area contributed by atoms with Gasteiger partial charge in [0.05, 0.1) is 13.5 Å². The molecule has 0 aliphatic heterocycles. The lowest BCUT2D eigenvalue weighted by Crippen LogP contribution is -2.05. The van der Waals surface area contributed by atoms with Gasteiger partial charge in [-0.2, -0.15) is 5.10 Å². The predicted octanol–water partition coefficient (Wildman–Crippen LogP) is 2.22. The van der Waals surface area contributed by atoms with Crippen molar-refractivity contribution in [1.82, 2.24) is 9.55 Å². The molecule has 1 aromatic rings. The van der Waals surface area contributed by atoms with Crippen LogP contribution >= 0.6 is 44.3 Å². The van der Waals surface area contributed by atoms with Crippen LogP contribution in [0.4, 0.5) is 0 Å². The highest BCUT2D eigenvalue weighted by molar-refractivity contribution is 14.2. The first-order chi connectivity index (χ1) is 5.69. The van der Waals surface area contributed by atoms with Gasteiger partial charge in [0.1, 0.15) is 4.60 Å². The Morgan fingerprint density at radius 3 is 3.08 bits per heavy atom. The normalized spacial score (nSPS) is 10.9. The summed E-state index contributed by atoms with van der Waals surface area (Å²) in [7, 11) is 1.35. The lowest BCUT2D eigenvalue weighted by Gasteiger charge is -1.99. The molecule has 1 aromatic heterocycles. The monoisotopic (exact) mass is 362 g/mol. The van der Waals surface area contributed by atoms with E-state index in [4.69, 9.17) is 0 Å². The Morgan fingerprint density at radius 2 is 2.58 bits per heavy atom. The van der Waals surface area contributed by atoms with Crippen LogP contribution in [0, 0.1) is 0 Å². The number of hydrogen-bond acceptors (Lipinski definition) is 3. The first-order valence-corrected chi connectivity index (χ1v) is 7.75. The predicted molar refractivity (Wildman–Crippen MR) is 59.0 cm³/mol. The fourth-order valence-corrected chi connectivity index (χ4v) is 2.68. The lowest BCUT2D eigenvalue weighted by atomic mass is 10.4. The first-order valence-electron chi connectivity index (χ1n) is 2.89. The zero-order valence-electron chi connectivity index (χ0n) is 6.04. The van der Waals surface area contributed by atoms with E-state index in [0.717, 1.165) is 0 Å². The number of aromatic nitrogens is 2. The van der Waals surface area contributed by atoms with Crippen molar-refractivity contribution in [3.05, 3.63) is 16.4 Å². The number of carbonyl (C=O) groups excluding carboxylic acids is 1. The minimum Gasteiger partial charge on any atom is -0.464 e. The maximum Gasteiger partial charge on any atom is 0.356 e. The highest BCUT2D eigenvalue weighted by Gasteiger charge is 2.13. The summed E-state index contributed by atoms with van der Waals surface area (Å²) in [5.74, 6) is -0.364. The van der Waals surface area contributed by atoms with E-state index < -0.39 is 0 Å². The van der Waals surface area contributed by atoms with Gasteiger partial charge in [0.15, 0.2) is 5.69 Å². The molecule has 1 rings (SSSR count). The Labute approximate surface area is 92.5 Å². The molecular weight excluding hydrogens is 358 g/mol. The fraction of sp³-hybridized carbons (Fsp3) is 0.200. The molecule has 0 spiro atoms. The van der Waals surface area contributed by atoms with Crippen molar-refractivity contribution in [2.24, 2.45) is 0 Å².